The molecule has 2 nitrogen and oxygen atoms in total. The highest BCUT2D eigenvalue weighted by atomic mass is 16.5. The summed E-state index contributed by atoms with van der Waals surface area (Å²) in [7, 11) is 1.80. The van der Waals surface area contributed by atoms with Crippen molar-refractivity contribution < 1.29 is 4.74 Å². The topological polar surface area (TPSA) is 21.3 Å². The number of ether oxygens (including phenoxy) is 1. The van der Waals surface area contributed by atoms with Crippen LogP contribution in [0.2, 0.25) is 0 Å². The molecule has 1 aliphatic carbocycles. The fourth-order valence-electron chi connectivity index (χ4n) is 2.69. The predicted molar refractivity (Wildman–Crippen MR) is 69.8 cm³/mol. The quantitative estimate of drug-likeness (QED) is 0.686. The lowest BCUT2D eigenvalue weighted by molar-refractivity contribution is 0.152. The minimum absolute atomic E-state index is 0.554. The zero-order valence-electron chi connectivity index (χ0n) is 11.3. The Morgan fingerprint density at radius 1 is 1.31 bits per heavy atom. The van der Waals surface area contributed by atoms with E-state index in [2.05, 4.69) is 19.2 Å². The lowest BCUT2D eigenvalue weighted by atomic mass is 9.88. The average molecular weight is 227 g/mol. The van der Waals surface area contributed by atoms with Crippen molar-refractivity contribution in [1.82, 2.24) is 5.32 Å². The second-order valence-corrected chi connectivity index (χ2v) is 5.69. The van der Waals surface area contributed by atoms with Crippen LogP contribution in [-0.4, -0.2) is 26.3 Å². The van der Waals surface area contributed by atoms with Crippen LogP contribution in [0, 0.1) is 5.41 Å². The predicted octanol–water partition coefficient (Wildman–Crippen LogP) is 3.36. The maximum atomic E-state index is 5.29. The summed E-state index contributed by atoms with van der Waals surface area (Å²) in [6, 6.07) is 0.558. The third kappa shape index (κ3) is 4.84. The molecule has 0 radical (unpaired) electrons. The van der Waals surface area contributed by atoms with E-state index in [1.807, 2.05) is 0 Å². The summed E-state index contributed by atoms with van der Waals surface area (Å²) >= 11 is 0. The van der Waals surface area contributed by atoms with Crippen LogP contribution in [0.4, 0.5) is 0 Å². The molecule has 1 rings (SSSR count). The van der Waals surface area contributed by atoms with Crippen LogP contribution in [0.5, 0.6) is 0 Å². The molecule has 1 saturated carbocycles. The molecule has 0 saturated heterocycles. The normalized spacial score (nSPS) is 21.2. The summed E-state index contributed by atoms with van der Waals surface area (Å²) in [5, 5.41) is 3.71. The van der Waals surface area contributed by atoms with E-state index >= 15 is 0 Å². The number of hydrogen-bond donors (Lipinski definition) is 1. The van der Waals surface area contributed by atoms with Crippen LogP contribution in [0.3, 0.4) is 0 Å². The summed E-state index contributed by atoms with van der Waals surface area (Å²) in [5.74, 6) is 0. The third-order valence-electron chi connectivity index (χ3n) is 3.90. The molecule has 1 N–H and O–H groups in total. The van der Waals surface area contributed by atoms with E-state index < -0.39 is 0 Å². The van der Waals surface area contributed by atoms with Crippen molar-refractivity contribution in [1.29, 1.82) is 0 Å². The Labute approximate surface area is 101 Å². The molecule has 1 aliphatic rings. The van der Waals surface area contributed by atoms with Crippen molar-refractivity contribution in [3.63, 3.8) is 0 Å². The van der Waals surface area contributed by atoms with Gasteiger partial charge in [0.05, 0.1) is 6.61 Å². The molecule has 16 heavy (non-hydrogen) atoms. The highest BCUT2D eigenvalue weighted by molar-refractivity contribution is 4.83. The summed E-state index contributed by atoms with van der Waals surface area (Å²) in [5.41, 5.74) is 0.554. The molecule has 0 aromatic carbocycles. The van der Waals surface area contributed by atoms with Gasteiger partial charge < -0.3 is 10.1 Å². The second-order valence-electron chi connectivity index (χ2n) is 5.69. The van der Waals surface area contributed by atoms with Crippen LogP contribution >= 0.6 is 0 Å². The summed E-state index contributed by atoms with van der Waals surface area (Å²) in [4.78, 5) is 0. The second kappa shape index (κ2) is 7.29. The van der Waals surface area contributed by atoms with E-state index in [0.29, 0.717) is 11.5 Å². The smallest absolute Gasteiger partial charge is 0.0615 e. The van der Waals surface area contributed by atoms with Gasteiger partial charge in [-0.25, -0.2) is 0 Å². The molecule has 1 unspecified atom stereocenters. The van der Waals surface area contributed by atoms with Gasteiger partial charge in [-0.05, 0) is 24.7 Å². The molecule has 0 amide bonds. The fraction of sp³-hybridized carbons (Fsp3) is 1.00. The zero-order valence-corrected chi connectivity index (χ0v) is 11.3. The number of methoxy groups -OCH3 is 1. The molecule has 0 spiro atoms. The van der Waals surface area contributed by atoms with Gasteiger partial charge in [0.1, 0.15) is 0 Å². The molecule has 0 heterocycles. The van der Waals surface area contributed by atoms with Crippen molar-refractivity contribution in [2.45, 2.75) is 64.8 Å². The third-order valence-corrected chi connectivity index (χ3v) is 3.90. The molecular weight excluding hydrogens is 198 g/mol. The Morgan fingerprint density at radius 3 is 2.56 bits per heavy atom. The molecule has 1 fully saturated rings. The van der Waals surface area contributed by atoms with Crippen LogP contribution < -0.4 is 5.32 Å². The van der Waals surface area contributed by atoms with Gasteiger partial charge in [-0.2, -0.15) is 0 Å². The largest absolute Gasteiger partial charge is 0.383 e. The van der Waals surface area contributed by atoms with Crippen LogP contribution in [-0.2, 0) is 4.74 Å². The first-order chi connectivity index (χ1) is 7.70. The van der Waals surface area contributed by atoms with E-state index in [1.54, 1.807) is 7.11 Å². The maximum absolute atomic E-state index is 5.29. The molecule has 0 aromatic rings. The molecule has 0 bridgehead atoms. The van der Waals surface area contributed by atoms with E-state index in [4.69, 9.17) is 4.74 Å². The van der Waals surface area contributed by atoms with Gasteiger partial charge in [-0.3, -0.25) is 0 Å². The van der Waals surface area contributed by atoms with Crippen LogP contribution in [0.1, 0.15) is 58.8 Å². The van der Waals surface area contributed by atoms with Crippen molar-refractivity contribution in [2.75, 3.05) is 20.3 Å². The average Bonchev–Trinajstić information content (AvgIpc) is 2.70. The number of hydrogen-bond acceptors (Lipinski definition) is 2. The van der Waals surface area contributed by atoms with Gasteiger partial charge in [0.2, 0.25) is 0 Å². The van der Waals surface area contributed by atoms with Crippen molar-refractivity contribution in [3.05, 3.63) is 0 Å². The first-order valence-electron chi connectivity index (χ1n) is 6.92. The number of rotatable bonds is 8. The molecule has 0 aromatic heterocycles. The van der Waals surface area contributed by atoms with Gasteiger partial charge in [0.15, 0.2) is 0 Å². The standard InChI is InChI=1S/C14H29NO/c1-4-5-8-13(11-16-3)15-12-14(2)9-6-7-10-14/h13,15H,4-12H2,1-3H3. The van der Waals surface area contributed by atoms with Crippen molar-refractivity contribution in [2.24, 2.45) is 5.41 Å². The van der Waals surface area contributed by atoms with Crippen LogP contribution in [0.25, 0.3) is 0 Å². The molecule has 96 valence electrons. The molecule has 2 heteroatoms. The monoisotopic (exact) mass is 227 g/mol. The Kier molecular flexibility index (Phi) is 6.37. The van der Waals surface area contributed by atoms with Gasteiger partial charge >= 0.3 is 0 Å². The Morgan fingerprint density at radius 2 is 2.00 bits per heavy atom. The Balaban J connectivity index is 2.24. The van der Waals surface area contributed by atoms with Gasteiger partial charge in [0, 0.05) is 19.7 Å². The maximum Gasteiger partial charge on any atom is 0.0615 e. The molecular formula is C14H29NO. The fourth-order valence-corrected chi connectivity index (χ4v) is 2.69. The van der Waals surface area contributed by atoms with E-state index in [0.717, 1.165) is 6.61 Å². The SMILES string of the molecule is CCCCC(COC)NCC1(C)CCCC1. The highest BCUT2D eigenvalue weighted by Crippen LogP contribution is 2.36. The van der Waals surface area contributed by atoms with E-state index in [9.17, 15) is 0 Å². The van der Waals surface area contributed by atoms with E-state index in [1.165, 1.54) is 51.5 Å². The van der Waals surface area contributed by atoms with Crippen molar-refractivity contribution >= 4 is 0 Å². The zero-order chi connectivity index (χ0) is 11.9. The van der Waals surface area contributed by atoms with Gasteiger partial charge in [0.25, 0.3) is 0 Å². The summed E-state index contributed by atoms with van der Waals surface area (Å²) in [6.45, 7) is 6.71. The summed E-state index contributed by atoms with van der Waals surface area (Å²) in [6.07, 6.45) is 9.46. The number of unbranched alkanes of at least 4 members (excludes halogenated alkanes) is 1. The molecule has 0 aliphatic heterocycles. The lowest BCUT2D eigenvalue weighted by Gasteiger charge is -2.27. The molecule has 1 atom stereocenters. The minimum atomic E-state index is 0.554. The Bertz CT molecular complexity index is 176. The van der Waals surface area contributed by atoms with Gasteiger partial charge in [-0.15, -0.1) is 0 Å². The first kappa shape index (κ1) is 14.0. The van der Waals surface area contributed by atoms with Crippen LogP contribution in [0.15, 0.2) is 0 Å². The summed E-state index contributed by atoms with van der Waals surface area (Å²) < 4.78 is 5.29. The first-order valence-corrected chi connectivity index (χ1v) is 6.92. The lowest BCUT2D eigenvalue weighted by Crippen LogP contribution is -2.39. The highest BCUT2D eigenvalue weighted by Gasteiger charge is 2.28. The van der Waals surface area contributed by atoms with Gasteiger partial charge in [-0.1, -0.05) is 39.5 Å². The minimum Gasteiger partial charge on any atom is -0.383 e. The number of nitrogens with one attached hydrogen (secondary N) is 1. The Hall–Kier alpha value is -0.0800. The van der Waals surface area contributed by atoms with Crippen molar-refractivity contribution in [3.8, 4) is 0 Å². The van der Waals surface area contributed by atoms with E-state index in [-0.39, 0.29) is 0 Å².